The Labute approximate surface area is 121 Å². The largest absolute Gasteiger partial charge is 0.497 e. The van der Waals surface area contributed by atoms with Crippen molar-refractivity contribution in [1.82, 2.24) is 5.32 Å². The van der Waals surface area contributed by atoms with E-state index in [1.54, 1.807) is 7.11 Å². The van der Waals surface area contributed by atoms with Gasteiger partial charge in [0.1, 0.15) is 5.75 Å². The molecular formula is C17H25NO2. The summed E-state index contributed by atoms with van der Waals surface area (Å²) in [6.45, 7) is 2.05. The number of hydrogen-bond acceptors (Lipinski definition) is 3. The van der Waals surface area contributed by atoms with E-state index in [0.717, 1.165) is 25.3 Å². The lowest BCUT2D eigenvalue weighted by Gasteiger charge is -2.27. The minimum atomic E-state index is 0.482. The van der Waals surface area contributed by atoms with Crippen LogP contribution in [-0.2, 0) is 11.2 Å². The fraction of sp³-hybridized carbons (Fsp3) is 0.647. The van der Waals surface area contributed by atoms with Crippen molar-refractivity contribution >= 4 is 0 Å². The predicted molar refractivity (Wildman–Crippen MR) is 80.3 cm³/mol. The fourth-order valence-corrected chi connectivity index (χ4v) is 3.42. The summed E-state index contributed by atoms with van der Waals surface area (Å²) in [5.74, 6) is 0.969. The molecule has 1 N–H and O–H groups in total. The molecular weight excluding hydrogens is 250 g/mol. The van der Waals surface area contributed by atoms with Gasteiger partial charge in [-0.2, -0.15) is 0 Å². The molecule has 2 atom stereocenters. The summed E-state index contributed by atoms with van der Waals surface area (Å²) in [5, 5.41) is 3.66. The highest BCUT2D eigenvalue weighted by Gasteiger charge is 2.21. The minimum Gasteiger partial charge on any atom is -0.497 e. The zero-order valence-electron chi connectivity index (χ0n) is 12.4. The van der Waals surface area contributed by atoms with Crippen LogP contribution in [0.1, 0.15) is 49.3 Å². The molecule has 2 aliphatic rings. The highest BCUT2D eigenvalue weighted by molar-refractivity contribution is 5.39. The number of benzene rings is 1. The van der Waals surface area contributed by atoms with Crippen molar-refractivity contribution < 1.29 is 9.47 Å². The van der Waals surface area contributed by atoms with E-state index in [4.69, 9.17) is 9.47 Å². The zero-order chi connectivity index (χ0) is 13.8. The van der Waals surface area contributed by atoms with Gasteiger partial charge in [0.15, 0.2) is 0 Å². The van der Waals surface area contributed by atoms with E-state index >= 15 is 0 Å². The second-order valence-corrected chi connectivity index (χ2v) is 5.89. The first-order valence-electron chi connectivity index (χ1n) is 7.88. The molecule has 1 fully saturated rings. The Balaban J connectivity index is 1.60. The molecule has 3 rings (SSSR count). The van der Waals surface area contributed by atoms with Gasteiger partial charge in [-0.05, 0) is 68.3 Å². The number of rotatable bonds is 5. The number of fused-ring (bicyclic) bond motifs is 1. The van der Waals surface area contributed by atoms with E-state index in [9.17, 15) is 0 Å². The van der Waals surface area contributed by atoms with Gasteiger partial charge in [-0.25, -0.2) is 0 Å². The Hall–Kier alpha value is -1.06. The first-order valence-corrected chi connectivity index (χ1v) is 7.88. The maximum atomic E-state index is 5.71. The summed E-state index contributed by atoms with van der Waals surface area (Å²) in [5.41, 5.74) is 2.91. The smallest absolute Gasteiger partial charge is 0.119 e. The van der Waals surface area contributed by atoms with Gasteiger partial charge in [-0.1, -0.05) is 6.07 Å². The van der Waals surface area contributed by atoms with Crippen LogP contribution >= 0.6 is 0 Å². The van der Waals surface area contributed by atoms with E-state index in [0.29, 0.717) is 12.1 Å². The van der Waals surface area contributed by atoms with Crippen LogP contribution in [0.4, 0.5) is 0 Å². The molecule has 110 valence electrons. The van der Waals surface area contributed by atoms with E-state index in [2.05, 4.69) is 23.5 Å². The van der Waals surface area contributed by atoms with Gasteiger partial charge in [-0.3, -0.25) is 0 Å². The Morgan fingerprint density at radius 3 is 3.10 bits per heavy atom. The molecule has 3 heteroatoms. The highest BCUT2D eigenvalue weighted by Crippen LogP contribution is 2.30. The molecule has 2 aliphatic heterocycles. The Bertz CT molecular complexity index is 441. The van der Waals surface area contributed by atoms with Gasteiger partial charge in [0.2, 0.25) is 0 Å². The number of methoxy groups -OCH3 is 1. The maximum Gasteiger partial charge on any atom is 0.119 e. The van der Waals surface area contributed by atoms with Gasteiger partial charge in [-0.15, -0.1) is 0 Å². The lowest BCUT2D eigenvalue weighted by atomic mass is 9.90. The maximum absolute atomic E-state index is 5.71. The monoisotopic (exact) mass is 275 g/mol. The first kappa shape index (κ1) is 13.9. The summed E-state index contributed by atoms with van der Waals surface area (Å²) in [4.78, 5) is 0. The molecule has 2 heterocycles. The summed E-state index contributed by atoms with van der Waals surface area (Å²) < 4.78 is 11.1. The van der Waals surface area contributed by atoms with E-state index < -0.39 is 0 Å². The SMILES string of the molecule is COc1ccc2c(c1)C(CCCC1CCCO1)NCC2. The molecule has 0 bridgehead atoms. The Kier molecular flexibility index (Phi) is 4.58. The van der Waals surface area contributed by atoms with Crippen LogP contribution in [0.2, 0.25) is 0 Å². The molecule has 3 nitrogen and oxygen atoms in total. The minimum absolute atomic E-state index is 0.482. The average Bonchev–Trinajstić information content (AvgIpc) is 3.00. The summed E-state index contributed by atoms with van der Waals surface area (Å²) >= 11 is 0. The molecule has 2 unspecified atom stereocenters. The predicted octanol–water partition coefficient (Wildman–Crippen LogP) is 3.23. The zero-order valence-corrected chi connectivity index (χ0v) is 12.4. The molecule has 0 saturated carbocycles. The van der Waals surface area contributed by atoms with Crippen molar-refractivity contribution in [2.45, 2.75) is 50.7 Å². The average molecular weight is 275 g/mol. The second-order valence-electron chi connectivity index (χ2n) is 5.89. The molecule has 0 spiro atoms. The van der Waals surface area contributed by atoms with Gasteiger partial charge in [0.25, 0.3) is 0 Å². The van der Waals surface area contributed by atoms with Crippen LogP contribution in [0.3, 0.4) is 0 Å². The number of nitrogens with one attached hydrogen (secondary N) is 1. The van der Waals surface area contributed by atoms with Crippen LogP contribution in [-0.4, -0.2) is 26.4 Å². The molecule has 1 aromatic rings. The van der Waals surface area contributed by atoms with E-state index in [-0.39, 0.29) is 0 Å². The Morgan fingerprint density at radius 1 is 1.35 bits per heavy atom. The fourth-order valence-electron chi connectivity index (χ4n) is 3.42. The van der Waals surface area contributed by atoms with Gasteiger partial charge >= 0.3 is 0 Å². The molecule has 0 radical (unpaired) electrons. The van der Waals surface area contributed by atoms with Crippen molar-refractivity contribution in [1.29, 1.82) is 0 Å². The van der Waals surface area contributed by atoms with Gasteiger partial charge < -0.3 is 14.8 Å². The van der Waals surface area contributed by atoms with Crippen molar-refractivity contribution in [3.8, 4) is 5.75 Å². The molecule has 0 aromatic heterocycles. The molecule has 20 heavy (non-hydrogen) atoms. The third kappa shape index (κ3) is 3.15. The molecule has 1 aromatic carbocycles. The summed E-state index contributed by atoms with van der Waals surface area (Å²) in [6.07, 6.45) is 7.77. The van der Waals surface area contributed by atoms with E-state index in [1.807, 2.05) is 0 Å². The quantitative estimate of drug-likeness (QED) is 0.895. The summed E-state index contributed by atoms with van der Waals surface area (Å²) in [6, 6.07) is 6.99. The lowest BCUT2D eigenvalue weighted by Crippen LogP contribution is -2.30. The van der Waals surface area contributed by atoms with Crippen molar-refractivity contribution in [2.24, 2.45) is 0 Å². The standard InChI is InChI=1S/C17H25NO2/c1-19-15-8-7-13-9-10-18-17(16(13)12-15)6-2-4-14-5-3-11-20-14/h7-8,12,14,17-18H,2-6,9-11H2,1H3. The number of ether oxygens (including phenoxy) is 2. The molecule has 0 amide bonds. The number of hydrogen-bond donors (Lipinski definition) is 1. The van der Waals surface area contributed by atoms with Crippen molar-refractivity contribution in [3.05, 3.63) is 29.3 Å². The molecule has 0 aliphatic carbocycles. The van der Waals surface area contributed by atoms with Crippen molar-refractivity contribution in [3.63, 3.8) is 0 Å². The normalized spacial score (nSPS) is 25.4. The summed E-state index contributed by atoms with van der Waals surface area (Å²) in [7, 11) is 1.74. The van der Waals surface area contributed by atoms with E-state index in [1.165, 1.54) is 43.2 Å². The third-order valence-corrected chi connectivity index (χ3v) is 4.56. The molecule has 1 saturated heterocycles. The van der Waals surface area contributed by atoms with Gasteiger partial charge in [0, 0.05) is 12.6 Å². The highest BCUT2D eigenvalue weighted by atomic mass is 16.5. The Morgan fingerprint density at radius 2 is 2.30 bits per heavy atom. The van der Waals surface area contributed by atoms with Gasteiger partial charge in [0.05, 0.1) is 13.2 Å². The van der Waals surface area contributed by atoms with Crippen LogP contribution in [0.5, 0.6) is 5.75 Å². The third-order valence-electron chi connectivity index (χ3n) is 4.56. The lowest BCUT2D eigenvalue weighted by molar-refractivity contribution is 0.101. The van der Waals surface area contributed by atoms with Crippen LogP contribution in [0.15, 0.2) is 18.2 Å². The van der Waals surface area contributed by atoms with Crippen LogP contribution in [0.25, 0.3) is 0 Å². The topological polar surface area (TPSA) is 30.5 Å². The van der Waals surface area contributed by atoms with Crippen LogP contribution in [0, 0.1) is 0 Å². The van der Waals surface area contributed by atoms with Crippen LogP contribution < -0.4 is 10.1 Å². The second kappa shape index (κ2) is 6.59. The van der Waals surface area contributed by atoms with Crippen molar-refractivity contribution in [2.75, 3.05) is 20.3 Å². The first-order chi connectivity index (χ1) is 9.86.